The smallest absolute Gasteiger partial charge is 0.410 e. The third-order valence-electron chi connectivity index (χ3n) is 3.36. The van der Waals surface area contributed by atoms with Gasteiger partial charge in [0.05, 0.1) is 0 Å². The molecule has 2 amide bonds. The molecule has 2 aliphatic heterocycles. The summed E-state index contributed by atoms with van der Waals surface area (Å²) in [4.78, 5) is 27.4. The third kappa shape index (κ3) is 2.94. The normalized spacial score (nSPS) is 24.8. The molecule has 2 saturated heterocycles. The fourth-order valence-corrected chi connectivity index (χ4v) is 2.56. The summed E-state index contributed by atoms with van der Waals surface area (Å²) in [5.74, 6) is 0.228. The Balaban J connectivity index is 1.99. The van der Waals surface area contributed by atoms with Crippen LogP contribution in [0.25, 0.3) is 0 Å². The highest BCUT2D eigenvalue weighted by molar-refractivity contribution is 5.79. The largest absolute Gasteiger partial charge is 0.444 e. The van der Waals surface area contributed by atoms with Gasteiger partial charge in [-0.05, 0) is 33.6 Å². The number of ether oxygens (including phenoxy) is 1. The van der Waals surface area contributed by atoms with Crippen LogP contribution in [-0.4, -0.2) is 53.1 Å². The van der Waals surface area contributed by atoms with E-state index in [9.17, 15) is 9.59 Å². The van der Waals surface area contributed by atoms with E-state index in [0.29, 0.717) is 19.5 Å². The highest BCUT2D eigenvalue weighted by Gasteiger charge is 2.36. The summed E-state index contributed by atoms with van der Waals surface area (Å²) in [5.41, 5.74) is -0.464. The van der Waals surface area contributed by atoms with Gasteiger partial charge in [-0.1, -0.05) is 0 Å². The molecule has 0 spiro atoms. The molecule has 0 aromatic carbocycles. The highest BCUT2D eigenvalue weighted by Crippen LogP contribution is 2.23. The molecule has 0 saturated carbocycles. The molecule has 1 atom stereocenters. The Bertz CT molecular complexity index is 349. The van der Waals surface area contributed by atoms with Crippen LogP contribution in [0.5, 0.6) is 0 Å². The van der Waals surface area contributed by atoms with Crippen molar-refractivity contribution in [3.63, 3.8) is 0 Å². The fourth-order valence-electron chi connectivity index (χ4n) is 2.56. The van der Waals surface area contributed by atoms with Crippen molar-refractivity contribution in [1.82, 2.24) is 9.80 Å². The van der Waals surface area contributed by atoms with Gasteiger partial charge in [-0.25, -0.2) is 4.79 Å². The van der Waals surface area contributed by atoms with Crippen molar-refractivity contribution in [1.29, 1.82) is 0 Å². The van der Waals surface area contributed by atoms with E-state index in [4.69, 9.17) is 4.74 Å². The Labute approximate surface area is 108 Å². The van der Waals surface area contributed by atoms with Crippen LogP contribution >= 0.6 is 0 Å². The Kier molecular flexibility index (Phi) is 3.50. The molecular formula is C13H22N2O3. The summed E-state index contributed by atoms with van der Waals surface area (Å²) in [5, 5.41) is 0. The molecular weight excluding hydrogens is 232 g/mol. The maximum absolute atomic E-state index is 12.0. The molecule has 0 aromatic heterocycles. The van der Waals surface area contributed by atoms with Crippen LogP contribution < -0.4 is 0 Å². The molecule has 0 unspecified atom stereocenters. The molecule has 2 aliphatic rings. The lowest BCUT2D eigenvalue weighted by molar-refractivity contribution is -0.128. The molecule has 18 heavy (non-hydrogen) atoms. The summed E-state index contributed by atoms with van der Waals surface area (Å²) >= 11 is 0. The van der Waals surface area contributed by atoms with Gasteiger partial charge in [0, 0.05) is 32.1 Å². The summed E-state index contributed by atoms with van der Waals surface area (Å²) < 4.78 is 5.39. The molecule has 2 heterocycles. The summed E-state index contributed by atoms with van der Waals surface area (Å²) in [6.07, 6.45) is 2.05. The first kappa shape index (κ1) is 13.2. The second-order valence-corrected chi connectivity index (χ2v) is 6.06. The van der Waals surface area contributed by atoms with Crippen LogP contribution in [0.15, 0.2) is 0 Å². The Morgan fingerprint density at radius 1 is 1.33 bits per heavy atom. The van der Waals surface area contributed by atoms with Crippen LogP contribution in [-0.2, 0) is 9.53 Å². The Morgan fingerprint density at radius 2 is 2.06 bits per heavy atom. The van der Waals surface area contributed by atoms with Gasteiger partial charge in [0.1, 0.15) is 5.60 Å². The average molecular weight is 254 g/mol. The predicted molar refractivity (Wildman–Crippen MR) is 67.2 cm³/mol. The van der Waals surface area contributed by atoms with E-state index in [1.165, 1.54) is 0 Å². The maximum Gasteiger partial charge on any atom is 0.410 e. The molecule has 0 N–H and O–H groups in total. The van der Waals surface area contributed by atoms with Crippen molar-refractivity contribution in [2.24, 2.45) is 0 Å². The number of rotatable bonds is 0. The van der Waals surface area contributed by atoms with Gasteiger partial charge in [-0.2, -0.15) is 0 Å². The zero-order valence-electron chi connectivity index (χ0n) is 11.4. The number of carbonyl (C=O) groups excluding carboxylic acids is 2. The average Bonchev–Trinajstić information content (AvgIpc) is 2.49. The zero-order chi connectivity index (χ0) is 13.3. The van der Waals surface area contributed by atoms with E-state index in [0.717, 1.165) is 19.4 Å². The molecule has 0 aliphatic carbocycles. The first-order chi connectivity index (χ1) is 8.37. The number of amides is 2. The van der Waals surface area contributed by atoms with Gasteiger partial charge >= 0.3 is 6.09 Å². The first-order valence-electron chi connectivity index (χ1n) is 6.64. The maximum atomic E-state index is 12.0. The molecule has 5 heteroatoms. The molecule has 2 rings (SSSR count). The van der Waals surface area contributed by atoms with Gasteiger partial charge in [-0.15, -0.1) is 0 Å². The topological polar surface area (TPSA) is 49.9 Å². The standard InChI is InChI=1S/C13H22N2O3/c1-13(2,3)18-12(17)14-7-4-8-15-10(9-14)5-6-11(15)16/h10H,4-9H2,1-3H3/t10-/m0/s1. The van der Waals surface area contributed by atoms with Crippen LogP contribution in [0.3, 0.4) is 0 Å². The number of fused-ring (bicyclic) bond motifs is 1. The van der Waals surface area contributed by atoms with Crippen molar-refractivity contribution in [2.45, 2.75) is 51.7 Å². The van der Waals surface area contributed by atoms with Crippen LogP contribution in [0.2, 0.25) is 0 Å². The van der Waals surface area contributed by atoms with E-state index in [2.05, 4.69) is 0 Å². The quantitative estimate of drug-likeness (QED) is 0.660. The second kappa shape index (κ2) is 4.78. The van der Waals surface area contributed by atoms with Crippen LogP contribution in [0, 0.1) is 0 Å². The van der Waals surface area contributed by atoms with Crippen molar-refractivity contribution in [2.75, 3.05) is 19.6 Å². The van der Waals surface area contributed by atoms with Crippen molar-refractivity contribution in [3.05, 3.63) is 0 Å². The van der Waals surface area contributed by atoms with Crippen LogP contribution in [0.1, 0.15) is 40.0 Å². The zero-order valence-corrected chi connectivity index (χ0v) is 11.4. The van der Waals surface area contributed by atoms with Crippen molar-refractivity contribution < 1.29 is 14.3 Å². The number of hydrogen-bond donors (Lipinski definition) is 0. The van der Waals surface area contributed by atoms with Gasteiger partial charge in [0.2, 0.25) is 5.91 Å². The van der Waals surface area contributed by atoms with Crippen molar-refractivity contribution >= 4 is 12.0 Å². The fraction of sp³-hybridized carbons (Fsp3) is 0.846. The summed E-state index contributed by atoms with van der Waals surface area (Å²) in [6.45, 7) is 7.66. The lowest BCUT2D eigenvalue weighted by atomic mass is 10.2. The second-order valence-electron chi connectivity index (χ2n) is 6.06. The third-order valence-corrected chi connectivity index (χ3v) is 3.36. The SMILES string of the molecule is CC(C)(C)OC(=O)N1CCCN2C(=O)CC[C@H]2C1. The van der Waals surface area contributed by atoms with Gasteiger partial charge in [-0.3, -0.25) is 4.79 Å². The Morgan fingerprint density at radius 3 is 2.72 bits per heavy atom. The lowest BCUT2D eigenvalue weighted by Gasteiger charge is -2.28. The van der Waals surface area contributed by atoms with E-state index < -0.39 is 5.60 Å². The van der Waals surface area contributed by atoms with Crippen LogP contribution in [0.4, 0.5) is 4.79 Å². The molecule has 2 fully saturated rings. The highest BCUT2D eigenvalue weighted by atomic mass is 16.6. The minimum atomic E-state index is -0.464. The number of carbonyl (C=O) groups is 2. The lowest BCUT2D eigenvalue weighted by Crippen LogP contribution is -2.42. The summed E-state index contributed by atoms with van der Waals surface area (Å²) in [6, 6.07) is 0.188. The van der Waals surface area contributed by atoms with Gasteiger partial charge < -0.3 is 14.5 Å². The molecule has 0 bridgehead atoms. The molecule has 102 valence electrons. The predicted octanol–water partition coefficient (Wildman–Crippen LogP) is 1.62. The van der Waals surface area contributed by atoms with E-state index in [1.54, 1.807) is 4.90 Å². The monoisotopic (exact) mass is 254 g/mol. The van der Waals surface area contributed by atoms with Gasteiger partial charge in [0.15, 0.2) is 0 Å². The minimum Gasteiger partial charge on any atom is -0.444 e. The molecule has 0 radical (unpaired) electrons. The summed E-state index contributed by atoms with van der Waals surface area (Å²) in [7, 11) is 0. The number of hydrogen-bond acceptors (Lipinski definition) is 3. The van der Waals surface area contributed by atoms with Gasteiger partial charge in [0.25, 0.3) is 0 Å². The van der Waals surface area contributed by atoms with E-state index in [-0.39, 0.29) is 18.0 Å². The number of nitrogens with zero attached hydrogens (tertiary/aromatic N) is 2. The first-order valence-corrected chi connectivity index (χ1v) is 6.64. The van der Waals surface area contributed by atoms with Crippen molar-refractivity contribution in [3.8, 4) is 0 Å². The molecule has 0 aromatic rings. The minimum absolute atomic E-state index is 0.188. The van der Waals surface area contributed by atoms with E-state index in [1.807, 2.05) is 25.7 Å². The Hall–Kier alpha value is -1.26. The van der Waals surface area contributed by atoms with E-state index >= 15 is 0 Å². The molecule has 5 nitrogen and oxygen atoms in total.